The first-order chi connectivity index (χ1) is 25.8. The number of alkyl halides is 3. The molecule has 54 heavy (non-hydrogen) atoms. The fourth-order valence-electron chi connectivity index (χ4n) is 6.54. The number of hydrogen-bond acceptors (Lipinski definition) is 9. The molecule has 5 aromatic rings. The van der Waals surface area contributed by atoms with E-state index in [1.807, 2.05) is 30.3 Å². The summed E-state index contributed by atoms with van der Waals surface area (Å²) in [5.41, 5.74) is 6.08. The lowest BCUT2D eigenvalue weighted by atomic mass is 9.88. The lowest BCUT2D eigenvalue weighted by molar-refractivity contribution is -0.677. The number of nitrogens with zero attached hydrogens (tertiary/aromatic N) is 2. The number of pyridine rings is 1. The second-order valence-electron chi connectivity index (χ2n) is 12.7. The average molecular weight is 749 g/mol. The second-order valence-corrected chi connectivity index (χ2v) is 12.7. The predicted molar refractivity (Wildman–Crippen MR) is 194 cm³/mol. The van der Waals surface area contributed by atoms with E-state index in [2.05, 4.69) is 72.2 Å². The molecule has 0 unspecified atom stereocenters. The number of aryl methyl sites for hydroxylation is 1. The fourth-order valence-corrected chi connectivity index (χ4v) is 6.54. The molecule has 4 aromatic carbocycles. The van der Waals surface area contributed by atoms with Gasteiger partial charge in [-0.05, 0) is 96.1 Å². The van der Waals surface area contributed by atoms with Gasteiger partial charge in [-0.2, -0.15) is 13.2 Å². The molecule has 0 amide bonds. The largest absolute Gasteiger partial charge is 0.542 e. The number of hydrogen-bond donors (Lipinski definition) is 0. The van der Waals surface area contributed by atoms with Crippen LogP contribution in [0.4, 0.5) is 13.2 Å². The molecule has 0 aliphatic carbocycles. The number of likely N-dealkylation sites (N-methyl/N-ethyl adjacent to an activating group) is 1. The number of carboxylic acids is 1. The van der Waals surface area contributed by atoms with Crippen LogP contribution in [0.1, 0.15) is 34.0 Å². The lowest BCUT2D eigenvalue weighted by Crippen LogP contribution is -2.37. The molecule has 0 spiro atoms. The minimum absolute atomic E-state index is 0.235. The minimum atomic E-state index is -5.19. The molecule has 0 N–H and O–H groups in total. The molecule has 1 aliphatic rings. The number of aromatic nitrogens is 1. The maximum atomic E-state index is 10.5. The molecule has 0 saturated carbocycles. The first-order valence-corrected chi connectivity index (χ1v) is 17.0. The number of rotatable bonds is 11. The van der Waals surface area contributed by atoms with E-state index in [9.17, 15) is 13.2 Å². The number of halogens is 3. The molecule has 6 rings (SSSR count). The van der Waals surface area contributed by atoms with Crippen molar-refractivity contribution in [2.75, 3.05) is 49.1 Å². The van der Waals surface area contributed by atoms with Crippen molar-refractivity contribution in [2.24, 2.45) is 7.05 Å². The number of carbonyl (C=O) groups excluding carboxylic acids is 1. The van der Waals surface area contributed by atoms with Gasteiger partial charge in [-0.25, -0.2) is 4.57 Å². The lowest BCUT2D eigenvalue weighted by Gasteiger charge is -2.35. The number of methoxy groups -OCH3 is 5. The summed E-state index contributed by atoms with van der Waals surface area (Å²) in [6.07, 6.45) is -0.576. The van der Waals surface area contributed by atoms with E-state index in [4.69, 9.17) is 38.3 Å². The van der Waals surface area contributed by atoms with Gasteiger partial charge < -0.3 is 38.3 Å². The molecule has 0 radical (unpaired) electrons. The highest BCUT2D eigenvalue weighted by molar-refractivity contribution is 5.87. The molecule has 0 bridgehead atoms. The van der Waals surface area contributed by atoms with Crippen LogP contribution in [-0.2, 0) is 31.1 Å². The van der Waals surface area contributed by atoms with Gasteiger partial charge in [-0.1, -0.05) is 18.2 Å². The summed E-state index contributed by atoms with van der Waals surface area (Å²) in [4.78, 5) is 11.2. The average Bonchev–Trinajstić information content (AvgIpc) is 3.16. The normalized spacial score (nSPS) is 14.0. The van der Waals surface area contributed by atoms with E-state index in [-0.39, 0.29) is 6.04 Å². The summed E-state index contributed by atoms with van der Waals surface area (Å²) in [5.74, 6) is 2.05. The fraction of sp³-hybridized carbons (Fsp3) is 0.317. The molecule has 0 fully saturated rings. The summed E-state index contributed by atoms with van der Waals surface area (Å²) in [6, 6.07) is 25.1. The maximum Gasteiger partial charge on any atom is 0.430 e. The molecule has 13 heteroatoms. The molecule has 2 heterocycles. The van der Waals surface area contributed by atoms with Crippen molar-refractivity contribution in [1.29, 1.82) is 0 Å². The third-order valence-electron chi connectivity index (χ3n) is 9.45. The monoisotopic (exact) mass is 748 g/mol. The summed E-state index contributed by atoms with van der Waals surface area (Å²) < 4.78 is 68.2. The van der Waals surface area contributed by atoms with Crippen molar-refractivity contribution >= 4 is 16.7 Å². The van der Waals surface area contributed by atoms with Gasteiger partial charge in [-0.15, -0.1) is 0 Å². The van der Waals surface area contributed by atoms with Crippen molar-refractivity contribution in [3.8, 4) is 40.2 Å². The van der Waals surface area contributed by atoms with E-state index in [0.29, 0.717) is 29.4 Å². The topological polar surface area (TPSA) is 103 Å². The maximum absolute atomic E-state index is 10.5. The first-order valence-electron chi connectivity index (χ1n) is 17.0. The molecular formula is C41H43F3N2O8. The van der Waals surface area contributed by atoms with Gasteiger partial charge in [-0.3, -0.25) is 4.90 Å². The van der Waals surface area contributed by atoms with E-state index in [1.165, 1.54) is 16.7 Å². The van der Waals surface area contributed by atoms with Crippen molar-refractivity contribution < 1.29 is 56.1 Å². The summed E-state index contributed by atoms with van der Waals surface area (Å²) >= 11 is 0. The number of carboxylic acid groups (broad SMARTS) is 1. The van der Waals surface area contributed by atoms with Gasteiger partial charge in [0.25, 0.3) is 0 Å². The minimum Gasteiger partial charge on any atom is -0.542 e. The van der Waals surface area contributed by atoms with Crippen LogP contribution in [-0.4, -0.2) is 66.2 Å². The number of carbonyl (C=O) groups is 1. The highest BCUT2D eigenvalue weighted by Crippen LogP contribution is 2.40. The molecule has 10 nitrogen and oxygen atoms in total. The van der Waals surface area contributed by atoms with Crippen LogP contribution in [0.3, 0.4) is 0 Å². The Morgan fingerprint density at radius 3 is 1.96 bits per heavy atom. The number of aliphatic carboxylic acids is 1. The van der Waals surface area contributed by atoms with Crippen LogP contribution in [0.2, 0.25) is 0 Å². The Bertz CT molecular complexity index is 2100. The van der Waals surface area contributed by atoms with E-state index < -0.39 is 12.1 Å². The van der Waals surface area contributed by atoms with Crippen LogP contribution in [0.5, 0.6) is 40.2 Å². The van der Waals surface area contributed by atoms with Gasteiger partial charge in [0, 0.05) is 18.7 Å². The van der Waals surface area contributed by atoms with E-state index in [1.54, 1.807) is 35.5 Å². The van der Waals surface area contributed by atoms with Gasteiger partial charge in [0.1, 0.15) is 18.8 Å². The molecule has 1 aliphatic heterocycles. The highest BCUT2D eigenvalue weighted by Gasteiger charge is 2.29. The zero-order valence-corrected chi connectivity index (χ0v) is 31.2. The Hall–Kier alpha value is -5.69. The summed E-state index contributed by atoms with van der Waals surface area (Å²) in [7, 11) is 12.6. The Balaban J connectivity index is 0.000000730. The highest BCUT2D eigenvalue weighted by atomic mass is 19.4. The van der Waals surface area contributed by atoms with Gasteiger partial charge in [0.05, 0.1) is 47.4 Å². The number of ether oxygens (including phenoxy) is 6. The zero-order chi connectivity index (χ0) is 39.2. The molecule has 1 aromatic heterocycles. The van der Waals surface area contributed by atoms with Crippen molar-refractivity contribution in [2.45, 2.75) is 31.5 Å². The zero-order valence-electron chi connectivity index (χ0n) is 31.2. The van der Waals surface area contributed by atoms with Crippen LogP contribution in [0, 0.1) is 0 Å². The molecule has 1 atom stereocenters. The number of benzene rings is 4. The smallest absolute Gasteiger partial charge is 0.430 e. The predicted octanol–water partition coefficient (Wildman–Crippen LogP) is 6.16. The van der Waals surface area contributed by atoms with Crippen molar-refractivity contribution in [3.05, 3.63) is 107 Å². The third-order valence-corrected chi connectivity index (χ3v) is 9.45. The summed E-state index contributed by atoms with van der Waals surface area (Å²) in [6.45, 7) is 0.989. The number of fused-ring (bicyclic) bond motifs is 2. The Morgan fingerprint density at radius 1 is 0.778 bits per heavy atom. The van der Waals surface area contributed by atoms with Gasteiger partial charge in [0.2, 0.25) is 0 Å². The van der Waals surface area contributed by atoms with Crippen LogP contribution < -0.4 is 38.1 Å². The molecule has 0 saturated heterocycles. The second kappa shape index (κ2) is 17.0. The van der Waals surface area contributed by atoms with Crippen molar-refractivity contribution in [1.82, 2.24) is 4.90 Å². The Labute approximate surface area is 312 Å². The van der Waals surface area contributed by atoms with Gasteiger partial charge in [0.15, 0.2) is 46.4 Å². The standard InChI is InChI=1S/C39H43N2O6.C2HF3O2/c1-40-16-14-27-21-35(43-4)37(45-6)23-30(27)32(40)18-25-8-11-29(12-9-25)47-39-20-26(10-13-34(39)42-3)19-33-31-24-38(46-7)36(44-5)22-28(31)15-17-41(33)2;3-2(4,5)1(6)7/h8-13,15,17,20-24,32H,14,16,18-19H2,1-7H3;(H,6,7)/q+1;/p-1/t32-;/m1./s1. The van der Waals surface area contributed by atoms with Crippen molar-refractivity contribution in [3.63, 3.8) is 0 Å². The van der Waals surface area contributed by atoms with Crippen LogP contribution in [0.25, 0.3) is 10.8 Å². The van der Waals surface area contributed by atoms with E-state index >= 15 is 0 Å². The SMILES string of the molecule is COc1cc2c(cc1OC)[C@@H](Cc1ccc(Oc3cc(Cc4c5cc(OC)c(OC)cc5cc[n+]4C)ccc3OC)cc1)N(C)CC2.O=C([O-])C(F)(F)F. The Morgan fingerprint density at radius 2 is 1.35 bits per heavy atom. The Kier molecular flexibility index (Phi) is 12.4. The van der Waals surface area contributed by atoms with Crippen LogP contribution in [0.15, 0.2) is 79.0 Å². The third kappa shape index (κ3) is 8.91. The quantitative estimate of drug-likeness (QED) is 0.147. The van der Waals surface area contributed by atoms with E-state index in [0.717, 1.165) is 58.7 Å². The first kappa shape index (κ1) is 39.5. The molecular weight excluding hydrogens is 705 g/mol. The summed E-state index contributed by atoms with van der Waals surface area (Å²) in [5, 5.41) is 11.0. The van der Waals surface area contributed by atoms with Gasteiger partial charge >= 0.3 is 6.18 Å². The van der Waals surface area contributed by atoms with Crippen LogP contribution >= 0.6 is 0 Å². The molecule has 286 valence electrons.